The summed E-state index contributed by atoms with van der Waals surface area (Å²) in [5.74, 6) is 1.37. The van der Waals surface area contributed by atoms with E-state index in [-0.39, 0.29) is 11.3 Å². The molecule has 1 saturated heterocycles. The SMILES string of the molecule is CCOc1cc(CN2CC3(CCC3)c3c(CN4CCC(N(C)C)CC4)cc(Cn4ccnc4NC)cc3C2=O)ncc1C#N. The third kappa shape index (κ3) is 5.78. The van der Waals surface area contributed by atoms with Crippen molar-refractivity contribution in [2.45, 2.75) is 70.1 Å². The molecule has 1 N–H and O–H groups in total. The molecule has 1 aliphatic carbocycles. The fraction of sp³-hybridized carbons (Fsp3) is 0.529. The molecule has 44 heavy (non-hydrogen) atoms. The van der Waals surface area contributed by atoms with Crippen LogP contribution in [0.1, 0.15) is 77.3 Å². The summed E-state index contributed by atoms with van der Waals surface area (Å²) in [7, 11) is 6.24. The number of imidazole rings is 1. The Labute approximate surface area is 260 Å². The Bertz CT molecular complexity index is 1550. The topological polar surface area (TPSA) is 103 Å². The van der Waals surface area contributed by atoms with Crippen LogP contribution in [0.5, 0.6) is 5.75 Å². The van der Waals surface area contributed by atoms with E-state index in [0.29, 0.717) is 43.6 Å². The zero-order valence-electron chi connectivity index (χ0n) is 26.5. The van der Waals surface area contributed by atoms with E-state index in [1.807, 2.05) is 31.1 Å². The molecule has 0 unspecified atom stereocenters. The molecular weight excluding hydrogens is 552 g/mol. The number of fused-ring (bicyclic) bond motifs is 2. The van der Waals surface area contributed by atoms with Gasteiger partial charge in [-0.05, 0) is 82.5 Å². The number of amides is 1. The summed E-state index contributed by atoms with van der Waals surface area (Å²) in [6.07, 6.45) is 11.0. The number of hydrogen-bond acceptors (Lipinski definition) is 8. The Balaban J connectivity index is 1.36. The molecule has 10 heteroatoms. The van der Waals surface area contributed by atoms with Crippen molar-refractivity contribution >= 4 is 11.9 Å². The van der Waals surface area contributed by atoms with E-state index in [0.717, 1.165) is 68.1 Å². The number of anilines is 1. The summed E-state index contributed by atoms with van der Waals surface area (Å²) in [6, 6.07) is 9.08. The molecule has 3 aromatic rings. The van der Waals surface area contributed by atoms with Crippen LogP contribution in [0.25, 0.3) is 0 Å². The van der Waals surface area contributed by atoms with Gasteiger partial charge in [0.2, 0.25) is 5.95 Å². The van der Waals surface area contributed by atoms with Gasteiger partial charge in [0.05, 0.1) is 25.4 Å². The van der Waals surface area contributed by atoms with Gasteiger partial charge in [0.1, 0.15) is 17.4 Å². The van der Waals surface area contributed by atoms with Crippen molar-refractivity contribution in [1.82, 2.24) is 29.2 Å². The minimum absolute atomic E-state index is 0.0421. The number of nitriles is 1. The first-order valence-corrected chi connectivity index (χ1v) is 15.9. The van der Waals surface area contributed by atoms with Gasteiger partial charge in [-0.15, -0.1) is 0 Å². The Morgan fingerprint density at radius 3 is 2.59 bits per heavy atom. The summed E-state index contributed by atoms with van der Waals surface area (Å²) in [5.41, 5.74) is 5.61. The lowest BCUT2D eigenvalue weighted by Gasteiger charge is -2.51. The molecule has 0 atom stereocenters. The molecule has 1 aromatic carbocycles. The maximum Gasteiger partial charge on any atom is 0.254 e. The lowest BCUT2D eigenvalue weighted by Crippen LogP contribution is -2.53. The monoisotopic (exact) mass is 596 g/mol. The largest absolute Gasteiger partial charge is 0.492 e. The summed E-state index contributed by atoms with van der Waals surface area (Å²) in [5, 5.41) is 12.7. The van der Waals surface area contributed by atoms with Crippen LogP contribution in [-0.2, 0) is 25.0 Å². The molecule has 2 aromatic heterocycles. The fourth-order valence-electron chi connectivity index (χ4n) is 7.42. The fourth-order valence-corrected chi connectivity index (χ4v) is 7.42. The van der Waals surface area contributed by atoms with Gasteiger partial charge in [-0.1, -0.05) is 12.5 Å². The van der Waals surface area contributed by atoms with E-state index >= 15 is 0 Å². The molecule has 3 aliphatic rings. The normalized spacial score (nSPS) is 18.3. The number of pyridine rings is 1. The summed E-state index contributed by atoms with van der Waals surface area (Å²) >= 11 is 0. The zero-order chi connectivity index (χ0) is 30.8. The van der Waals surface area contributed by atoms with Crippen LogP contribution in [0.15, 0.2) is 36.8 Å². The average Bonchev–Trinajstić information content (AvgIpc) is 3.45. The van der Waals surface area contributed by atoms with Gasteiger partial charge in [0.25, 0.3) is 5.91 Å². The maximum atomic E-state index is 14.4. The summed E-state index contributed by atoms with van der Waals surface area (Å²) in [4.78, 5) is 30.3. The molecule has 1 amide bonds. The van der Waals surface area contributed by atoms with Crippen LogP contribution in [0, 0.1) is 11.3 Å². The molecule has 4 heterocycles. The number of carbonyl (C=O) groups is 1. The number of carbonyl (C=O) groups excluding carboxylic acids is 1. The van der Waals surface area contributed by atoms with E-state index in [1.54, 1.807) is 12.4 Å². The lowest BCUT2D eigenvalue weighted by atomic mass is 9.60. The molecule has 232 valence electrons. The second-order valence-corrected chi connectivity index (χ2v) is 12.8. The highest BCUT2D eigenvalue weighted by Crippen LogP contribution is 2.50. The number of piperidine rings is 1. The Morgan fingerprint density at radius 1 is 1.14 bits per heavy atom. The average molecular weight is 597 g/mol. The van der Waals surface area contributed by atoms with Crippen molar-refractivity contribution in [3.05, 3.63) is 70.3 Å². The summed E-state index contributed by atoms with van der Waals surface area (Å²) in [6.45, 7) is 7.05. The van der Waals surface area contributed by atoms with E-state index in [2.05, 4.69) is 61.9 Å². The zero-order valence-corrected chi connectivity index (χ0v) is 26.5. The molecule has 0 radical (unpaired) electrons. The smallest absolute Gasteiger partial charge is 0.254 e. The Hall–Kier alpha value is -3.94. The van der Waals surface area contributed by atoms with Gasteiger partial charge in [-0.25, -0.2) is 4.98 Å². The van der Waals surface area contributed by atoms with E-state index in [1.165, 1.54) is 17.5 Å². The van der Waals surface area contributed by atoms with Crippen molar-refractivity contribution in [2.24, 2.45) is 0 Å². The van der Waals surface area contributed by atoms with E-state index < -0.39 is 0 Å². The van der Waals surface area contributed by atoms with Crippen LogP contribution < -0.4 is 10.1 Å². The Kier molecular flexibility index (Phi) is 8.61. The number of nitrogens with one attached hydrogen (secondary N) is 1. The van der Waals surface area contributed by atoms with Gasteiger partial charge in [0, 0.05) is 61.8 Å². The van der Waals surface area contributed by atoms with Crippen LogP contribution in [0.3, 0.4) is 0 Å². The Morgan fingerprint density at radius 2 is 1.93 bits per heavy atom. The minimum atomic E-state index is -0.0421. The van der Waals surface area contributed by atoms with Gasteiger partial charge in [-0.3, -0.25) is 14.7 Å². The van der Waals surface area contributed by atoms with Gasteiger partial charge in [-0.2, -0.15) is 5.26 Å². The number of benzene rings is 1. The maximum absolute atomic E-state index is 14.4. The molecule has 2 aliphatic heterocycles. The minimum Gasteiger partial charge on any atom is -0.492 e. The standard InChI is InChI=1S/C34H44N8O2/c1-5-44-30-17-27(38-19-26(30)18-35)22-42-23-34(9-6-10-34)31-25(21-40-12-7-28(8-13-40)39(3)4)15-24(16-29(31)32(42)43)20-41-14-11-37-33(41)36-2/h11,14-17,19,28H,5-10,12-13,20-23H2,1-4H3,(H,36,37). The third-order valence-corrected chi connectivity index (χ3v) is 9.80. The molecule has 1 spiro atoms. The molecule has 2 fully saturated rings. The van der Waals surface area contributed by atoms with Crippen LogP contribution in [-0.4, -0.2) is 88.6 Å². The molecule has 1 saturated carbocycles. The quantitative estimate of drug-likeness (QED) is 0.371. The van der Waals surface area contributed by atoms with Crippen LogP contribution in [0.4, 0.5) is 5.95 Å². The van der Waals surface area contributed by atoms with E-state index in [4.69, 9.17) is 4.74 Å². The number of nitrogens with zero attached hydrogens (tertiary/aromatic N) is 7. The van der Waals surface area contributed by atoms with Crippen molar-refractivity contribution in [3.8, 4) is 11.8 Å². The van der Waals surface area contributed by atoms with Gasteiger partial charge in [0.15, 0.2) is 0 Å². The number of likely N-dealkylation sites (tertiary alicyclic amines) is 1. The number of rotatable bonds is 10. The van der Waals surface area contributed by atoms with Crippen molar-refractivity contribution < 1.29 is 9.53 Å². The second-order valence-electron chi connectivity index (χ2n) is 12.8. The second kappa shape index (κ2) is 12.6. The predicted octanol–water partition coefficient (Wildman–Crippen LogP) is 4.24. The summed E-state index contributed by atoms with van der Waals surface area (Å²) < 4.78 is 7.81. The first-order chi connectivity index (χ1) is 21.3. The number of hydrogen-bond donors (Lipinski definition) is 1. The van der Waals surface area contributed by atoms with Gasteiger partial charge < -0.3 is 24.4 Å². The van der Waals surface area contributed by atoms with Crippen LogP contribution >= 0.6 is 0 Å². The highest BCUT2D eigenvalue weighted by atomic mass is 16.5. The first-order valence-electron chi connectivity index (χ1n) is 15.9. The molecule has 6 rings (SSSR count). The van der Waals surface area contributed by atoms with Crippen molar-refractivity contribution in [3.63, 3.8) is 0 Å². The van der Waals surface area contributed by atoms with Gasteiger partial charge >= 0.3 is 0 Å². The predicted molar refractivity (Wildman–Crippen MR) is 170 cm³/mol. The molecule has 10 nitrogen and oxygen atoms in total. The third-order valence-electron chi connectivity index (χ3n) is 9.80. The lowest BCUT2D eigenvalue weighted by molar-refractivity contribution is 0.0561. The van der Waals surface area contributed by atoms with Crippen molar-refractivity contribution in [1.29, 1.82) is 5.26 Å². The van der Waals surface area contributed by atoms with Crippen LogP contribution in [0.2, 0.25) is 0 Å². The first kappa shape index (κ1) is 30.1. The molecule has 0 bridgehead atoms. The highest BCUT2D eigenvalue weighted by molar-refractivity contribution is 5.98. The van der Waals surface area contributed by atoms with Crippen molar-refractivity contribution in [2.75, 3.05) is 52.7 Å². The van der Waals surface area contributed by atoms with E-state index in [9.17, 15) is 10.1 Å². The molecular formula is C34H44N8O2. The number of ether oxygens (including phenoxy) is 1. The number of aromatic nitrogens is 3. The highest BCUT2D eigenvalue weighted by Gasteiger charge is 2.48.